The highest BCUT2D eigenvalue weighted by Crippen LogP contribution is 2.34. The molecular weight excluding hydrogens is 378 g/mol. The number of carbonyl (C=O) groups excluding carboxylic acids is 2. The number of fused-ring (bicyclic) bond motifs is 3. The highest BCUT2D eigenvalue weighted by molar-refractivity contribution is 7.89. The lowest BCUT2D eigenvalue weighted by atomic mass is 9.91. The fraction of sp³-hybridized carbons (Fsp3) is 0.300. The second kappa shape index (κ2) is 7.03. The van der Waals surface area contributed by atoms with E-state index in [0.29, 0.717) is 12.2 Å². The van der Waals surface area contributed by atoms with Gasteiger partial charge in [0.05, 0.1) is 17.5 Å². The summed E-state index contributed by atoms with van der Waals surface area (Å²) < 4.78 is 27.5. The van der Waals surface area contributed by atoms with Crippen molar-refractivity contribution in [3.63, 3.8) is 0 Å². The lowest BCUT2D eigenvalue weighted by Gasteiger charge is -2.44. The number of benzene rings is 2. The summed E-state index contributed by atoms with van der Waals surface area (Å²) in [6.07, 6.45) is 0.787. The molecule has 0 aromatic heterocycles. The van der Waals surface area contributed by atoms with Gasteiger partial charge < -0.3 is 10.2 Å². The van der Waals surface area contributed by atoms with E-state index < -0.39 is 10.0 Å². The molecule has 2 aromatic rings. The van der Waals surface area contributed by atoms with Crippen molar-refractivity contribution in [2.24, 2.45) is 0 Å². The zero-order chi connectivity index (χ0) is 19.9. The molecule has 2 heterocycles. The van der Waals surface area contributed by atoms with Gasteiger partial charge in [0.2, 0.25) is 21.8 Å². The van der Waals surface area contributed by atoms with Crippen LogP contribution in [-0.2, 0) is 26.0 Å². The molecule has 4 rings (SSSR count). The van der Waals surface area contributed by atoms with Gasteiger partial charge in [0.1, 0.15) is 0 Å². The predicted molar refractivity (Wildman–Crippen MR) is 104 cm³/mol. The van der Waals surface area contributed by atoms with Gasteiger partial charge in [0, 0.05) is 25.7 Å². The molecule has 28 heavy (non-hydrogen) atoms. The third-order valence-corrected chi connectivity index (χ3v) is 7.06. The summed E-state index contributed by atoms with van der Waals surface area (Å²) in [4.78, 5) is 25.7. The molecule has 8 heteroatoms. The molecule has 0 saturated carbocycles. The molecule has 0 radical (unpaired) electrons. The SMILES string of the molecule is CC(=O)Nc1ccc(S(=O)(=O)N2CC(=O)N3CCc4ccccc4C3C2)cc1. The molecule has 2 amide bonds. The first-order valence-electron chi connectivity index (χ1n) is 9.11. The van der Waals surface area contributed by atoms with Crippen molar-refractivity contribution in [2.75, 3.05) is 25.0 Å². The van der Waals surface area contributed by atoms with Crippen LogP contribution in [0.15, 0.2) is 53.4 Å². The molecule has 0 spiro atoms. The number of sulfonamides is 1. The van der Waals surface area contributed by atoms with Crippen molar-refractivity contribution in [1.82, 2.24) is 9.21 Å². The molecule has 2 aliphatic heterocycles. The van der Waals surface area contributed by atoms with Crippen LogP contribution in [0, 0.1) is 0 Å². The maximum absolute atomic E-state index is 13.1. The number of nitrogens with zero attached hydrogens (tertiary/aromatic N) is 2. The number of hydrogen-bond donors (Lipinski definition) is 1. The first-order chi connectivity index (χ1) is 13.4. The van der Waals surface area contributed by atoms with Gasteiger partial charge in [0.15, 0.2) is 0 Å². The van der Waals surface area contributed by atoms with Crippen LogP contribution >= 0.6 is 0 Å². The van der Waals surface area contributed by atoms with Gasteiger partial charge in [-0.2, -0.15) is 4.31 Å². The van der Waals surface area contributed by atoms with Crippen LogP contribution in [0.5, 0.6) is 0 Å². The average molecular weight is 399 g/mol. The maximum atomic E-state index is 13.1. The van der Waals surface area contributed by atoms with Crippen molar-refractivity contribution >= 4 is 27.5 Å². The summed E-state index contributed by atoms with van der Waals surface area (Å²) >= 11 is 0. The summed E-state index contributed by atoms with van der Waals surface area (Å²) in [6, 6.07) is 13.6. The number of carbonyl (C=O) groups is 2. The zero-order valence-corrected chi connectivity index (χ0v) is 16.3. The third kappa shape index (κ3) is 3.29. The molecule has 0 aliphatic carbocycles. The van der Waals surface area contributed by atoms with Crippen LogP contribution in [0.3, 0.4) is 0 Å². The Morgan fingerprint density at radius 3 is 2.54 bits per heavy atom. The van der Waals surface area contributed by atoms with Gasteiger partial charge >= 0.3 is 0 Å². The van der Waals surface area contributed by atoms with Crippen molar-refractivity contribution in [3.8, 4) is 0 Å². The first kappa shape index (κ1) is 18.6. The highest BCUT2D eigenvalue weighted by atomic mass is 32.2. The minimum Gasteiger partial charge on any atom is -0.333 e. The van der Waals surface area contributed by atoms with E-state index in [2.05, 4.69) is 5.32 Å². The highest BCUT2D eigenvalue weighted by Gasteiger charge is 2.41. The minimum atomic E-state index is -3.82. The van der Waals surface area contributed by atoms with Crippen molar-refractivity contribution in [1.29, 1.82) is 0 Å². The van der Waals surface area contributed by atoms with Crippen LogP contribution in [0.4, 0.5) is 5.69 Å². The molecule has 2 aromatic carbocycles. The number of anilines is 1. The molecular formula is C20H21N3O4S. The Balaban J connectivity index is 1.62. The molecule has 146 valence electrons. The molecule has 1 unspecified atom stereocenters. The van der Waals surface area contributed by atoms with E-state index >= 15 is 0 Å². The van der Waals surface area contributed by atoms with Gasteiger partial charge in [0.25, 0.3) is 0 Å². The van der Waals surface area contributed by atoms with E-state index in [1.807, 2.05) is 24.3 Å². The summed E-state index contributed by atoms with van der Waals surface area (Å²) in [5, 5.41) is 2.61. The Morgan fingerprint density at radius 2 is 1.82 bits per heavy atom. The molecule has 1 atom stereocenters. The Bertz CT molecular complexity index is 1030. The monoisotopic (exact) mass is 399 g/mol. The standard InChI is InChI=1S/C20H21N3O4S/c1-14(24)21-16-6-8-17(9-7-16)28(26,27)22-12-19-18-5-3-2-4-15(18)10-11-23(19)20(25)13-22/h2-9,19H,10-13H2,1H3,(H,21,24). The summed E-state index contributed by atoms with van der Waals surface area (Å²) in [7, 11) is -3.82. The fourth-order valence-electron chi connectivity index (χ4n) is 3.89. The number of nitrogens with one attached hydrogen (secondary N) is 1. The quantitative estimate of drug-likeness (QED) is 0.852. The maximum Gasteiger partial charge on any atom is 0.243 e. The van der Waals surface area contributed by atoms with Gasteiger partial charge in [-0.1, -0.05) is 24.3 Å². The van der Waals surface area contributed by atoms with Gasteiger partial charge in [-0.3, -0.25) is 9.59 Å². The van der Waals surface area contributed by atoms with E-state index in [1.54, 1.807) is 17.0 Å². The van der Waals surface area contributed by atoms with E-state index in [0.717, 1.165) is 17.5 Å². The minimum absolute atomic E-state index is 0.104. The van der Waals surface area contributed by atoms with Crippen molar-refractivity contribution in [2.45, 2.75) is 24.3 Å². The summed E-state index contributed by atoms with van der Waals surface area (Å²) in [5.41, 5.74) is 2.70. The van der Waals surface area contributed by atoms with Crippen LogP contribution < -0.4 is 5.32 Å². The Morgan fingerprint density at radius 1 is 1.11 bits per heavy atom. The van der Waals surface area contributed by atoms with Gasteiger partial charge in [-0.25, -0.2) is 8.42 Å². The Kier molecular flexibility index (Phi) is 4.68. The first-order valence-corrected chi connectivity index (χ1v) is 10.6. The lowest BCUT2D eigenvalue weighted by molar-refractivity contribution is -0.138. The van der Waals surface area contributed by atoms with Crippen LogP contribution in [0.25, 0.3) is 0 Å². The van der Waals surface area contributed by atoms with E-state index in [9.17, 15) is 18.0 Å². The fourth-order valence-corrected chi connectivity index (χ4v) is 5.29. The van der Waals surface area contributed by atoms with Crippen molar-refractivity contribution in [3.05, 3.63) is 59.7 Å². The summed E-state index contributed by atoms with van der Waals surface area (Å²) in [5.74, 6) is -0.405. The molecule has 7 nitrogen and oxygen atoms in total. The molecule has 0 bridgehead atoms. The van der Waals surface area contributed by atoms with Crippen LogP contribution in [0.1, 0.15) is 24.1 Å². The number of hydrogen-bond acceptors (Lipinski definition) is 4. The number of piperazine rings is 1. The third-order valence-electron chi connectivity index (χ3n) is 5.23. The summed E-state index contributed by atoms with van der Waals surface area (Å²) in [6.45, 7) is 2.07. The lowest BCUT2D eigenvalue weighted by Crippen LogP contribution is -2.55. The normalized spacial score (nSPS) is 19.7. The topological polar surface area (TPSA) is 86.8 Å². The van der Waals surface area contributed by atoms with Gasteiger partial charge in [-0.05, 0) is 41.8 Å². The Hall–Kier alpha value is -2.71. The molecule has 1 fully saturated rings. The number of amides is 2. The van der Waals surface area contributed by atoms with Crippen LogP contribution in [0.2, 0.25) is 0 Å². The largest absolute Gasteiger partial charge is 0.333 e. The molecule has 1 N–H and O–H groups in total. The Labute approximate surface area is 164 Å². The molecule has 2 aliphatic rings. The predicted octanol–water partition coefficient (Wildman–Crippen LogP) is 1.78. The van der Waals surface area contributed by atoms with E-state index in [4.69, 9.17) is 0 Å². The van der Waals surface area contributed by atoms with E-state index in [1.165, 1.54) is 23.4 Å². The van der Waals surface area contributed by atoms with Crippen LogP contribution in [-0.4, -0.2) is 49.1 Å². The van der Waals surface area contributed by atoms with Gasteiger partial charge in [-0.15, -0.1) is 0 Å². The zero-order valence-electron chi connectivity index (χ0n) is 15.5. The molecule has 1 saturated heterocycles. The smallest absolute Gasteiger partial charge is 0.243 e. The second-order valence-corrected chi connectivity index (χ2v) is 8.99. The number of rotatable bonds is 3. The van der Waals surface area contributed by atoms with E-state index in [-0.39, 0.29) is 35.8 Å². The average Bonchev–Trinajstić information content (AvgIpc) is 2.67. The second-order valence-electron chi connectivity index (χ2n) is 7.05. The van der Waals surface area contributed by atoms with Crippen molar-refractivity contribution < 1.29 is 18.0 Å².